The van der Waals surface area contributed by atoms with Crippen LogP contribution >= 0.6 is 0 Å². The second-order valence-corrected chi connectivity index (χ2v) is 7.56. The molecule has 0 radical (unpaired) electrons. The zero-order valence-electron chi connectivity index (χ0n) is 14.4. The molecule has 0 heterocycles. The van der Waals surface area contributed by atoms with Gasteiger partial charge in [0.15, 0.2) is 0 Å². The van der Waals surface area contributed by atoms with E-state index in [0.29, 0.717) is 5.69 Å². The molecule has 1 amide bonds. The molecule has 5 nitrogen and oxygen atoms in total. The molecule has 0 aliphatic heterocycles. The molecule has 0 saturated heterocycles. The van der Waals surface area contributed by atoms with Crippen LogP contribution in [-0.4, -0.2) is 14.3 Å². The van der Waals surface area contributed by atoms with E-state index in [1.165, 1.54) is 42.5 Å². The first-order valence-corrected chi connectivity index (χ1v) is 9.59. The Balaban J connectivity index is 1.77. The summed E-state index contributed by atoms with van der Waals surface area (Å²) in [6.07, 6.45) is 0. The Labute approximate surface area is 156 Å². The summed E-state index contributed by atoms with van der Waals surface area (Å²) in [6, 6.07) is 18.2. The van der Waals surface area contributed by atoms with Gasteiger partial charge in [0.05, 0.1) is 16.3 Å². The van der Waals surface area contributed by atoms with Gasteiger partial charge in [0.25, 0.3) is 15.9 Å². The molecule has 0 aromatic heterocycles. The van der Waals surface area contributed by atoms with Crippen molar-refractivity contribution in [2.45, 2.75) is 11.8 Å². The first kappa shape index (κ1) is 18.6. The van der Waals surface area contributed by atoms with Crippen molar-refractivity contribution in [3.05, 3.63) is 89.7 Å². The van der Waals surface area contributed by atoms with Crippen LogP contribution in [0.25, 0.3) is 0 Å². The van der Waals surface area contributed by atoms with Gasteiger partial charge in [-0.3, -0.25) is 9.52 Å². The second kappa shape index (κ2) is 7.59. The zero-order valence-corrected chi connectivity index (χ0v) is 15.3. The summed E-state index contributed by atoms with van der Waals surface area (Å²) in [5.74, 6) is -1.08. The Kier molecular flexibility index (Phi) is 5.23. The minimum Gasteiger partial charge on any atom is -0.319 e. The lowest BCUT2D eigenvalue weighted by Gasteiger charge is -2.11. The van der Waals surface area contributed by atoms with Crippen LogP contribution < -0.4 is 10.0 Å². The van der Waals surface area contributed by atoms with E-state index in [9.17, 15) is 17.6 Å². The molecule has 7 heteroatoms. The minimum atomic E-state index is -3.79. The van der Waals surface area contributed by atoms with E-state index >= 15 is 0 Å². The first-order chi connectivity index (χ1) is 12.9. The van der Waals surface area contributed by atoms with Crippen LogP contribution in [0.1, 0.15) is 15.9 Å². The van der Waals surface area contributed by atoms with Crippen molar-refractivity contribution in [1.29, 1.82) is 0 Å². The number of nitrogens with one attached hydrogen (secondary N) is 2. The van der Waals surface area contributed by atoms with Gasteiger partial charge in [-0.05, 0) is 55.0 Å². The predicted octanol–water partition coefficient (Wildman–Crippen LogP) is 4.19. The number of halogens is 1. The summed E-state index contributed by atoms with van der Waals surface area (Å²) in [7, 11) is -3.79. The predicted molar refractivity (Wildman–Crippen MR) is 103 cm³/mol. The Hall–Kier alpha value is -3.19. The van der Waals surface area contributed by atoms with Crippen molar-refractivity contribution < 1.29 is 17.6 Å². The second-order valence-electron chi connectivity index (χ2n) is 5.88. The van der Waals surface area contributed by atoms with Crippen LogP contribution in [-0.2, 0) is 10.0 Å². The molecule has 0 atom stereocenters. The van der Waals surface area contributed by atoms with Gasteiger partial charge in [-0.25, -0.2) is 12.8 Å². The van der Waals surface area contributed by atoms with Gasteiger partial charge in [0.2, 0.25) is 0 Å². The largest absolute Gasteiger partial charge is 0.319 e. The highest BCUT2D eigenvalue weighted by Gasteiger charge is 2.16. The molecule has 2 N–H and O–H groups in total. The molecule has 0 unspecified atom stereocenters. The Morgan fingerprint density at radius 1 is 0.852 bits per heavy atom. The van der Waals surface area contributed by atoms with Crippen LogP contribution in [0, 0.1) is 12.7 Å². The smallest absolute Gasteiger partial charge is 0.261 e. The zero-order chi connectivity index (χ0) is 19.4. The standard InChI is InChI=1S/C20H17FN2O3S/c1-14-6-2-4-8-18(14)23-27(25,26)16-12-10-15(11-13-16)20(24)22-19-9-5-3-7-17(19)21/h2-13,23H,1H3,(H,22,24). The molecule has 3 aromatic rings. The number of carbonyl (C=O) groups is 1. The number of amides is 1. The number of benzene rings is 3. The van der Waals surface area contributed by atoms with E-state index in [0.717, 1.165) is 5.56 Å². The monoisotopic (exact) mass is 384 g/mol. The summed E-state index contributed by atoms with van der Waals surface area (Å²) in [4.78, 5) is 12.2. The van der Waals surface area contributed by atoms with E-state index in [1.807, 2.05) is 6.07 Å². The third-order valence-electron chi connectivity index (χ3n) is 3.94. The lowest BCUT2D eigenvalue weighted by Crippen LogP contribution is -2.15. The Morgan fingerprint density at radius 2 is 1.44 bits per heavy atom. The molecule has 138 valence electrons. The number of carbonyl (C=O) groups excluding carboxylic acids is 1. The van der Waals surface area contributed by atoms with Crippen molar-refractivity contribution in [2.75, 3.05) is 10.0 Å². The van der Waals surface area contributed by atoms with Crippen LogP contribution in [0.15, 0.2) is 77.7 Å². The van der Waals surface area contributed by atoms with E-state index in [4.69, 9.17) is 0 Å². The molecule has 0 spiro atoms. The number of rotatable bonds is 5. The van der Waals surface area contributed by atoms with Gasteiger partial charge in [0, 0.05) is 5.56 Å². The van der Waals surface area contributed by atoms with E-state index in [-0.39, 0.29) is 16.1 Å². The summed E-state index contributed by atoms with van der Waals surface area (Å²) < 4.78 is 41.2. The Morgan fingerprint density at radius 3 is 2.07 bits per heavy atom. The average molecular weight is 384 g/mol. The van der Waals surface area contributed by atoms with Crippen LogP contribution in [0.4, 0.5) is 15.8 Å². The van der Waals surface area contributed by atoms with Gasteiger partial charge in [0.1, 0.15) is 5.82 Å². The molecular weight excluding hydrogens is 367 g/mol. The van der Waals surface area contributed by atoms with Crippen molar-refractivity contribution in [3.8, 4) is 0 Å². The van der Waals surface area contributed by atoms with Gasteiger partial charge < -0.3 is 5.32 Å². The van der Waals surface area contributed by atoms with Crippen LogP contribution in [0.3, 0.4) is 0 Å². The molecule has 0 aliphatic rings. The van der Waals surface area contributed by atoms with Crippen LogP contribution in [0.5, 0.6) is 0 Å². The molecule has 3 rings (SSSR count). The SMILES string of the molecule is Cc1ccccc1NS(=O)(=O)c1ccc(C(=O)Nc2ccccc2F)cc1. The van der Waals surface area contributed by atoms with Gasteiger partial charge in [-0.2, -0.15) is 0 Å². The minimum absolute atomic E-state index is 0.0215. The van der Waals surface area contributed by atoms with E-state index in [1.54, 1.807) is 31.2 Å². The fourth-order valence-corrected chi connectivity index (χ4v) is 3.56. The molecule has 0 saturated carbocycles. The summed E-state index contributed by atoms with van der Waals surface area (Å²) in [5, 5.41) is 2.45. The summed E-state index contributed by atoms with van der Waals surface area (Å²) >= 11 is 0. The number of hydrogen-bond acceptors (Lipinski definition) is 3. The first-order valence-electron chi connectivity index (χ1n) is 8.11. The van der Waals surface area contributed by atoms with E-state index in [2.05, 4.69) is 10.0 Å². The lowest BCUT2D eigenvalue weighted by atomic mass is 10.2. The van der Waals surface area contributed by atoms with Gasteiger partial charge in [-0.15, -0.1) is 0 Å². The average Bonchev–Trinajstić information content (AvgIpc) is 2.65. The summed E-state index contributed by atoms with van der Waals surface area (Å²) in [6.45, 7) is 1.80. The molecule has 0 aliphatic carbocycles. The highest BCUT2D eigenvalue weighted by molar-refractivity contribution is 7.92. The number of aryl methyl sites for hydroxylation is 1. The third kappa shape index (κ3) is 4.32. The molecule has 27 heavy (non-hydrogen) atoms. The highest BCUT2D eigenvalue weighted by Crippen LogP contribution is 2.20. The van der Waals surface area contributed by atoms with Crippen molar-refractivity contribution >= 4 is 27.3 Å². The molecule has 0 fully saturated rings. The van der Waals surface area contributed by atoms with Crippen molar-refractivity contribution in [2.24, 2.45) is 0 Å². The molecular formula is C20H17FN2O3S. The van der Waals surface area contributed by atoms with E-state index < -0.39 is 21.7 Å². The third-order valence-corrected chi connectivity index (χ3v) is 5.32. The highest BCUT2D eigenvalue weighted by atomic mass is 32.2. The molecule has 0 bridgehead atoms. The fourth-order valence-electron chi connectivity index (χ4n) is 2.43. The van der Waals surface area contributed by atoms with Crippen molar-refractivity contribution in [3.63, 3.8) is 0 Å². The molecule has 3 aromatic carbocycles. The van der Waals surface area contributed by atoms with Crippen molar-refractivity contribution in [1.82, 2.24) is 0 Å². The van der Waals surface area contributed by atoms with Gasteiger partial charge >= 0.3 is 0 Å². The fraction of sp³-hybridized carbons (Fsp3) is 0.0500. The van der Waals surface area contributed by atoms with Crippen LogP contribution in [0.2, 0.25) is 0 Å². The lowest BCUT2D eigenvalue weighted by molar-refractivity contribution is 0.102. The van der Waals surface area contributed by atoms with Gasteiger partial charge in [-0.1, -0.05) is 30.3 Å². The maximum absolute atomic E-state index is 13.6. The Bertz CT molecular complexity index is 1080. The maximum Gasteiger partial charge on any atom is 0.261 e. The summed E-state index contributed by atoms with van der Waals surface area (Å²) in [5.41, 5.74) is 1.55. The maximum atomic E-state index is 13.6. The quantitative estimate of drug-likeness (QED) is 0.693. The number of para-hydroxylation sites is 2. The normalized spacial score (nSPS) is 11.0. The number of anilines is 2. The number of sulfonamides is 1. The number of hydrogen-bond donors (Lipinski definition) is 2. The topological polar surface area (TPSA) is 75.3 Å².